The molecule has 0 saturated heterocycles. The van der Waals surface area contributed by atoms with Crippen LogP contribution in [-0.4, -0.2) is 13.2 Å². The summed E-state index contributed by atoms with van der Waals surface area (Å²) >= 11 is 0. The van der Waals surface area contributed by atoms with Crippen molar-refractivity contribution in [1.29, 1.82) is 0 Å². The van der Waals surface area contributed by atoms with E-state index in [1.807, 2.05) is 24.3 Å². The molecule has 0 saturated carbocycles. The molecule has 0 aliphatic carbocycles. The molecule has 0 spiro atoms. The molecule has 0 unspecified atom stereocenters. The highest BCUT2D eigenvalue weighted by atomic mass is 16.5. The van der Waals surface area contributed by atoms with Gasteiger partial charge in [-0.2, -0.15) is 0 Å². The van der Waals surface area contributed by atoms with Gasteiger partial charge in [0.15, 0.2) is 0 Å². The molecule has 0 aromatic heterocycles. The summed E-state index contributed by atoms with van der Waals surface area (Å²) in [5.74, 6) is 6.61. The average molecular weight is 318 g/mol. The average Bonchev–Trinajstić information content (AvgIpc) is 2.60. The van der Waals surface area contributed by atoms with Gasteiger partial charge in [-0.05, 0) is 56.0 Å². The van der Waals surface area contributed by atoms with Gasteiger partial charge in [-0.25, -0.2) is 0 Å². The Morgan fingerprint density at radius 1 is 0.792 bits per heavy atom. The Bertz CT molecular complexity index is 833. The summed E-state index contributed by atoms with van der Waals surface area (Å²) in [4.78, 5) is 0. The lowest BCUT2D eigenvalue weighted by Gasteiger charge is -2.22. The summed E-state index contributed by atoms with van der Waals surface area (Å²) in [7, 11) is 0. The summed E-state index contributed by atoms with van der Waals surface area (Å²) in [5, 5.41) is 0. The van der Waals surface area contributed by atoms with Crippen molar-refractivity contribution in [2.24, 2.45) is 0 Å². The largest absolute Gasteiger partial charge is 0.480 e. The third-order valence-electron chi connectivity index (χ3n) is 4.40. The second-order valence-corrected chi connectivity index (χ2v) is 5.69. The van der Waals surface area contributed by atoms with Crippen LogP contribution in [0.15, 0.2) is 24.3 Å². The van der Waals surface area contributed by atoms with Gasteiger partial charge in [-0.1, -0.05) is 30.0 Å². The van der Waals surface area contributed by atoms with E-state index in [1.54, 1.807) is 0 Å². The lowest BCUT2D eigenvalue weighted by atomic mass is 9.89. The van der Waals surface area contributed by atoms with E-state index in [-0.39, 0.29) is 13.2 Å². The number of hydrogen-bond acceptors (Lipinski definition) is 2. The Hall–Kier alpha value is -2.84. The van der Waals surface area contributed by atoms with Crippen molar-refractivity contribution in [3.8, 4) is 47.3 Å². The van der Waals surface area contributed by atoms with Gasteiger partial charge in [0.25, 0.3) is 0 Å². The molecule has 0 N–H and O–H groups in total. The molecule has 2 nitrogen and oxygen atoms in total. The third-order valence-corrected chi connectivity index (χ3v) is 4.40. The quantitative estimate of drug-likeness (QED) is 0.749. The molecule has 0 bridgehead atoms. The Morgan fingerprint density at radius 3 is 2.04 bits per heavy atom. The standard InChI is InChI=1S/C22H22O2/c1-7-13-23-20-12-10-9-11-19(20)21-17(5)15(3)16(4)18(6)22(21)24-14-8-2/h1-2,9-12H,13-14H2,3-6H3. The van der Waals surface area contributed by atoms with Crippen molar-refractivity contribution in [3.05, 3.63) is 46.5 Å². The Labute approximate surface area is 144 Å². The van der Waals surface area contributed by atoms with Gasteiger partial charge >= 0.3 is 0 Å². The van der Waals surface area contributed by atoms with Gasteiger partial charge in [-0.3, -0.25) is 0 Å². The maximum Gasteiger partial charge on any atom is 0.148 e. The first-order valence-electron chi connectivity index (χ1n) is 7.85. The minimum atomic E-state index is 0.223. The first-order valence-corrected chi connectivity index (χ1v) is 7.85. The van der Waals surface area contributed by atoms with Crippen LogP contribution in [0, 0.1) is 52.4 Å². The number of rotatable bonds is 5. The molecule has 0 aliphatic rings. The van der Waals surface area contributed by atoms with E-state index in [0.717, 1.165) is 33.8 Å². The summed E-state index contributed by atoms with van der Waals surface area (Å²) in [6.45, 7) is 8.82. The monoisotopic (exact) mass is 318 g/mol. The van der Waals surface area contributed by atoms with Gasteiger partial charge < -0.3 is 9.47 Å². The minimum Gasteiger partial charge on any atom is -0.480 e. The van der Waals surface area contributed by atoms with Gasteiger partial charge in [0, 0.05) is 11.1 Å². The molecular formula is C22H22O2. The number of ether oxygens (including phenoxy) is 2. The molecule has 0 fully saturated rings. The number of benzene rings is 2. The topological polar surface area (TPSA) is 18.5 Å². The fraction of sp³-hybridized carbons (Fsp3) is 0.273. The molecule has 2 heteroatoms. The van der Waals surface area contributed by atoms with Gasteiger partial charge in [0.05, 0.1) is 0 Å². The van der Waals surface area contributed by atoms with Crippen molar-refractivity contribution >= 4 is 0 Å². The Kier molecular flexibility index (Phi) is 5.56. The molecule has 0 heterocycles. The molecule has 2 rings (SSSR count). The maximum atomic E-state index is 5.92. The maximum absolute atomic E-state index is 5.92. The highest BCUT2D eigenvalue weighted by Crippen LogP contribution is 2.43. The van der Waals surface area contributed by atoms with Crippen molar-refractivity contribution in [2.75, 3.05) is 13.2 Å². The molecule has 2 aromatic carbocycles. The zero-order valence-corrected chi connectivity index (χ0v) is 14.7. The highest BCUT2D eigenvalue weighted by Gasteiger charge is 2.20. The van der Waals surface area contributed by atoms with Gasteiger partial charge in [0.2, 0.25) is 0 Å². The van der Waals surface area contributed by atoms with Gasteiger partial charge in [0.1, 0.15) is 24.7 Å². The summed E-state index contributed by atoms with van der Waals surface area (Å²) in [6.07, 6.45) is 10.7. The first kappa shape index (κ1) is 17.5. The highest BCUT2D eigenvalue weighted by molar-refractivity contribution is 5.81. The first-order chi connectivity index (χ1) is 11.5. The van der Waals surface area contributed by atoms with Crippen LogP contribution in [0.25, 0.3) is 11.1 Å². The molecule has 0 aliphatic heterocycles. The summed E-state index contributed by atoms with van der Waals surface area (Å²) in [5.41, 5.74) is 6.67. The molecule has 0 atom stereocenters. The van der Waals surface area contributed by atoms with E-state index in [9.17, 15) is 0 Å². The Balaban J connectivity index is 2.74. The lowest BCUT2D eigenvalue weighted by molar-refractivity contribution is 0.364. The molecule has 2 aromatic rings. The predicted molar refractivity (Wildman–Crippen MR) is 99.5 cm³/mol. The zero-order valence-electron chi connectivity index (χ0n) is 14.7. The van der Waals surface area contributed by atoms with Crippen LogP contribution in [0.2, 0.25) is 0 Å². The van der Waals surface area contributed by atoms with Crippen molar-refractivity contribution in [2.45, 2.75) is 27.7 Å². The van der Waals surface area contributed by atoms with E-state index >= 15 is 0 Å². The molecule has 122 valence electrons. The van der Waals surface area contributed by atoms with Gasteiger partial charge in [-0.15, -0.1) is 12.8 Å². The zero-order chi connectivity index (χ0) is 17.7. The molecular weight excluding hydrogens is 296 g/mol. The Morgan fingerprint density at radius 2 is 1.38 bits per heavy atom. The second kappa shape index (κ2) is 7.62. The number of terminal acetylenes is 2. The van der Waals surface area contributed by atoms with E-state index in [2.05, 4.69) is 39.5 Å². The van der Waals surface area contributed by atoms with Crippen molar-refractivity contribution < 1.29 is 9.47 Å². The summed E-state index contributed by atoms with van der Waals surface area (Å²) in [6, 6.07) is 7.85. The summed E-state index contributed by atoms with van der Waals surface area (Å²) < 4.78 is 11.6. The van der Waals surface area contributed by atoms with Crippen LogP contribution in [0.5, 0.6) is 11.5 Å². The van der Waals surface area contributed by atoms with Crippen molar-refractivity contribution in [1.82, 2.24) is 0 Å². The smallest absolute Gasteiger partial charge is 0.148 e. The second-order valence-electron chi connectivity index (χ2n) is 5.69. The third kappa shape index (κ3) is 3.24. The minimum absolute atomic E-state index is 0.223. The molecule has 24 heavy (non-hydrogen) atoms. The number of para-hydroxylation sites is 1. The predicted octanol–water partition coefficient (Wildman–Crippen LogP) is 4.61. The molecule has 0 radical (unpaired) electrons. The normalized spacial score (nSPS) is 9.92. The van der Waals surface area contributed by atoms with E-state index in [4.69, 9.17) is 22.3 Å². The molecule has 0 amide bonds. The fourth-order valence-corrected chi connectivity index (χ4v) is 2.82. The van der Waals surface area contributed by atoms with Crippen LogP contribution < -0.4 is 9.47 Å². The van der Waals surface area contributed by atoms with Crippen LogP contribution in [0.3, 0.4) is 0 Å². The van der Waals surface area contributed by atoms with Crippen molar-refractivity contribution in [3.63, 3.8) is 0 Å². The van der Waals surface area contributed by atoms with Crippen LogP contribution in [0.1, 0.15) is 22.3 Å². The number of hydrogen-bond donors (Lipinski definition) is 0. The lowest BCUT2D eigenvalue weighted by Crippen LogP contribution is -2.05. The SMILES string of the molecule is C#CCOc1ccccc1-c1c(C)c(C)c(C)c(C)c1OCC#C. The van der Waals surface area contributed by atoms with E-state index < -0.39 is 0 Å². The van der Waals surface area contributed by atoms with Crippen LogP contribution in [0.4, 0.5) is 0 Å². The van der Waals surface area contributed by atoms with E-state index in [1.165, 1.54) is 11.1 Å². The van der Waals surface area contributed by atoms with Crippen LogP contribution in [-0.2, 0) is 0 Å². The van der Waals surface area contributed by atoms with Crippen LogP contribution >= 0.6 is 0 Å². The van der Waals surface area contributed by atoms with E-state index in [0.29, 0.717) is 0 Å². The fourth-order valence-electron chi connectivity index (χ4n) is 2.82.